The molecule has 0 bridgehead atoms. The molecule has 2 heterocycles. The summed E-state index contributed by atoms with van der Waals surface area (Å²) in [5.74, 6) is 0.858. The van der Waals surface area contributed by atoms with E-state index in [-0.39, 0.29) is 6.04 Å². The van der Waals surface area contributed by atoms with E-state index in [0.29, 0.717) is 5.15 Å². The van der Waals surface area contributed by atoms with E-state index in [1.165, 1.54) is 0 Å². The van der Waals surface area contributed by atoms with Gasteiger partial charge in [-0.05, 0) is 27.4 Å². The van der Waals surface area contributed by atoms with Crippen LogP contribution in [0.4, 0.5) is 0 Å². The van der Waals surface area contributed by atoms with Crippen molar-refractivity contribution in [3.05, 3.63) is 22.2 Å². The number of rotatable bonds is 2. The maximum absolute atomic E-state index is 6.22. The molecule has 1 aromatic heterocycles. The third-order valence-corrected chi connectivity index (χ3v) is 4.06. The molecule has 5 heteroatoms. The molecule has 0 aromatic carbocycles. The van der Waals surface area contributed by atoms with Gasteiger partial charge in [-0.3, -0.25) is 4.90 Å². The molecular weight excluding hydrogens is 248 g/mol. The van der Waals surface area contributed by atoms with Crippen LogP contribution in [0.25, 0.3) is 0 Å². The van der Waals surface area contributed by atoms with Crippen molar-refractivity contribution in [3.8, 4) is 0 Å². The van der Waals surface area contributed by atoms with E-state index in [4.69, 9.17) is 16.6 Å². The van der Waals surface area contributed by atoms with Gasteiger partial charge >= 0.3 is 0 Å². The molecule has 100 valence electrons. The molecule has 1 fully saturated rings. The summed E-state index contributed by atoms with van der Waals surface area (Å²) in [5, 5.41) is 0.596. The Bertz CT molecular complexity index is 435. The predicted molar refractivity (Wildman–Crippen MR) is 74.0 cm³/mol. The van der Waals surface area contributed by atoms with Crippen LogP contribution < -0.4 is 0 Å². The second-order valence-electron chi connectivity index (χ2n) is 5.06. The van der Waals surface area contributed by atoms with Gasteiger partial charge in [0.05, 0.1) is 6.04 Å². The molecule has 0 N–H and O–H groups in total. The third-order valence-electron chi connectivity index (χ3n) is 3.69. The molecule has 1 aliphatic rings. The minimum Gasteiger partial charge on any atom is -0.303 e. The highest BCUT2D eigenvalue weighted by molar-refractivity contribution is 6.30. The first kappa shape index (κ1) is 13.7. The molecule has 0 amide bonds. The zero-order chi connectivity index (χ0) is 13.3. The van der Waals surface area contributed by atoms with Gasteiger partial charge in [0.25, 0.3) is 0 Å². The molecule has 1 unspecified atom stereocenters. The number of likely N-dealkylation sites (N-methyl/N-ethyl adjacent to an activating group) is 2. The highest BCUT2D eigenvalue weighted by Gasteiger charge is 2.27. The number of aromatic nitrogens is 2. The van der Waals surface area contributed by atoms with E-state index in [1.54, 1.807) is 0 Å². The monoisotopic (exact) mass is 268 g/mol. The molecule has 0 aliphatic carbocycles. The fourth-order valence-corrected chi connectivity index (χ4v) is 2.53. The second kappa shape index (κ2) is 5.51. The van der Waals surface area contributed by atoms with E-state index in [1.807, 2.05) is 6.92 Å². The summed E-state index contributed by atoms with van der Waals surface area (Å²) >= 11 is 6.22. The van der Waals surface area contributed by atoms with Gasteiger partial charge in [-0.25, -0.2) is 9.97 Å². The third kappa shape index (κ3) is 2.66. The van der Waals surface area contributed by atoms with E-state index < -0.39 is 0 Å². The number of halogens is 1. The molecule has 1 atom stereocenters. The lowest BCUT2D eigenvalue weighted by Gasteiger charge is -2.36. The highest BCUT2D eigenvalue weighted by Crippen LogP contribution is 2.24. The van der Waals surface area contributed by atoms with Crippen molar-refractivity contribution < 1.29 is 0 Å². The smallest absolute Gasteiger partial charge is 0.148 e. The maximum Gasteiger partial charge on any atom is 0.148 e. The molecule has 0 spiro atoms. The average molecular weight is 269 g/mol. The SMILES string of the molecule is CCc1nc(C2CN(C)CCN2C)nc(Cl)c1C. The molecule has 4 nitrogen and oxygen atoms in total. The summed E-state index contributed by atoms with van der Waals surface area (Å²) in [5.41, 5.74) is 2.07. The second-order valence-corrected chi connectivity index (χ2v) is 5.41. The topological polar surface area (TPSA) is 32.3 Å². The first-order chi connectivity index (χ1) is 8.52. The zero-order valence-electron chi connectivity index (χ0n) is 11.6. The molecule has 1 aliphatic heterocycles. The maximum atomic E-state index is 6.22. The van der Waals surface area contributed by atoms with Crippen LogP contribution in [0.5, 0.6) is 0 Å². The quantitative estimate of drug-likeness (QED) is 0.767. The van der Waals surface area contributed by atoms with Crippen molar-refractivity contribution in [2.45, 2.75) is 26.3 Å². The van der Waals surface area contributed by atoms with Gasteiger partial charge in [0.15, 0.2) is 0 Å². The lowest BCUT2D eigenvalue weighted by Crippen LogP contribution is -2.45. The minimum absolute atomic E-state index is 0.243. The van der Waals surface area contributed by atoms with Crippen LogP contribution >= 0.6 is 11.6 Å². The molecular formula is C13H21ClN4. The first-order valence-corrected chi connectivity index (χ1v) is 6.82. The van der Waals surface area contributed by atoms with Crippen molar-refractivity contribution in [1.82, 2.24) is 19.8 Å². The van der Waals surface area contributed by atoms with Crippen molar-refractivity contribution in [2.75, 3.05) is 33.7 Å². The molecule has 2 rings (SSSR count). The highest BCUT2D eigenvalue weighted by atomic mass is 35.5. The summed E-state index contributed by atoms with van der Waals surface area (Å²) < 4.78 is 0. The van der Waals surface area contributed by atoms with Gasteiger partial charge in [-0.2, -0.15) is 0 Å². The Kier molecular flexibility index (Phi) is 4.20. The van der Waals surface area contributed by atoms with Crippen molar-refractivity contribution in [2.24, 2.45) is 0 Å². The van der Waals surface area contributed by atoms with Crippen LogP contribution in [0.1, 0.15) is 30.0 Å². The predicted octanol–water partition coefficient (Wildman–Crippen LogP) is 1.92. The summed E-state index contributed by atoms with van der Waals surface area (Å²) in [6.07, 6.45) is 0.896. The largest absolute Gasteiger partial charge is 0.303 e. The van der Waals surface area contributed by atoms with Gasteiger partial charge in [-0.15, -0.1) is 0 Å². The molecule has 1 saturated heterocycles. The van der Waals surface area contributed by atoms with E-state index >= 15 is 0 Å². The Morgan fingerprint density at radius 2 is 2.00 bits per heavy atom. The van der Waals surface area contributed by atoms with Crippen LogP contribution in [0, 0.1) is 6.92 Å². The van der Waals surface area contributed by atoms with Gasteiger partial charge in [-0.1, -0.05) is 18.5 Å². The van der Waals surface area contributed by atoms with E-state index in [9.17, 15) is 0 Å². The van der Waals surface area contributed by atoms with Crippen LogP contribution in [0.3, 0.4) is 0 Å². The Morgan fingerprint density at radius 1 is 1.28 bits per heavy atom. The average Bonchev–Trinajstić information content (AvgIpc) is 2.35. The van der Waals surface area contributed by atoms with E-state index in [2.05, 4.69) is 35.8 Å². The molecule has 0 radical (unpaired) electrons. The Balaban J connectivity index is 2.35. The van der Waals surface area contributed by atoms with Gasteiger partial charge in [0.2, 0.25) is 0 Å². The Labute approximate surface area is 114 Å². The lowest BCUT2D eigenvalue weighted by atomic mass is 10.1. The molecule has 1 aromatic rings. The van der Waals surface area contributed by atoms with E-state index in [0.717, 1.165) is 43.1 Å². The minimum atomic E-state index is 0.243. The Hall–Kier alpha value is -0.710. The number of nitrogens with zero attached hydrogens (tertiary/aromatic N) is 4. The number of aryl methyl sites for hydroxylation is 1. The Morgan fingerprint density at radius 3 is 2.67 bits per heavy atom. The first-order valence-electron chi connectivity index (χ1n) is 6.44. The standard InChI is InChI=1S/C13H21ClN4/c1-5-10-9(2)12(14)16-13(15-10)11-8-17(3)6-7-18(11)4/h11H,5-8H2,1-4H3. The fourth-order valence-electron chi connectivity index (χ4n) is 2.33. The summed E-state index contributed by atoms with van der Waals surface area (Å²) in [4.78, 5) is 13.8. The molecule has 18 heavy (non-hydrogen) atoms. The normalized spacial score (nSPS) is 22.4. The van der Waals surface area contributed by atoms with Crippen molar-refractivity contribution >= 4 is 11.6 Å². The molecule has 0 saturated carbocycles. The number of hydrogen-bond donors (Lipinski definition) is 0. The number of piperazine rings is 1. The fraction of sp³-hybridized carbons (Fsp3) is 0.692. The van der Waals surface area contributed by atoms with Crippen molar-refractivity contribution in [1.29, 1.82) is 0 Å². The zero-order valence-corrected chi connectivity index (χ0v) is 12.3. The van der Waals surface area contributed by atoms with Crippen LogP contribution in [-0.4, -0.2) is 53.5 Å². The summed E-state index contributed by atoms with van der Waals surface area (Å²) in [6.45, 7) is 7.18. The lowest BCUT2D eigenvalue weighted by molar-refractivity contribution is 0.109. The number of hydrogen-bond acceptors (Lipinski definition) is 4. The summed E-state index contributed by atoms with van der Waals surface area (Å²) in [7, 11) is 4.26. The van der Waals surface area contributed by atoms with Gasteiger partial charge in [0, 0.05) is 30.9 Å². The van der Waals surface area contributed by atoms with Crippen LogP contribution in [0.15, 0.2) is 0 Å². The van der Waals surface area contributed by atoms with Gasteiger partial charge < -0.3 is 4.90 Å². The van der Waals surface area contributed by atoms with Crippen LogP contribution in [-0.2, 0) is 6.42 Å². The van der Waals surface area contributed by atoms with Crippen molar-refractivity contribution in [3.63, 3.8) is 0 Å². The van der Waals surface area contributed by atoms with Crippen LogP contribution in [0.2, 0.25) is 5.15 Å². The van der Waals surface area contributed by atoms with Gasteiger partial charge in [0.1, 0.15) is 11.0 Å². The summed E-state index contributed by atoms with van der Waals surface area (Å²) in [6, 6.07) is 0.243.